The predicted octanol–water partition coefficient (Wildman–Crippen LogP) is 5.39. The maximum atomic E-state index is 14.1. The molecule has 7 nitrogen and oxygen atoms in total. The maximum absolute atomic E-state index is 14.1. The topological polar surface area (TPSA) is 86.8 Å². The Morgan fingerprint density at radius 1 is 0.875 bits per heavy atom. The molecular weight excluding hydrogens is 522 g/mol. The van der Waals surface area contributed by atoms with Gasteiger partial charge in [-0.2, -0.15) is 0 Å². The SMILES string of the molecule is CC[C@H](C(=O)NCC(C)C)N(Cc1ccccc1)C(=O)CN(c1ccc(C)cc1C)S(=O)(=O)c1ccc(C)cc1. The molecule has 0 radical (unpaired) electrons. The van der Waals surface area contributed by atoms with Gasteiger partial charge in [0.1, 0.15) is 12.6 Å². The summed E-state index contributed by atoms with van der Waals surface area (Å²) in [6.45, 7) is 11.7. The number of hydrogen-bond donors (Lipinski definition) is 1. The third kappa shape index (κ3) is 7.72. The highest BCUT2D eigenvalue weighted by molar-refractivity contribution is 7.92. The highest BCUT2D eigenvalue weighted by Gasteiger charge is 2.34. The first kappa shape index (κ1) is 30.9. The van der Waals surface area contributed by atoms with Gasteiger partial charge in [0.25, 0.3) is 10.0 Å². The van der Waals surface area contributed by atoms with E-state index in [1.165, 1.54) is 9.21 Å². The minimum atomic E-state index is -4.10. The number of carbonyl (C=O) groups excluding carboxylic acids is 2. The van der Waals surface area contributed by atoms with E-state index in [2.05, 4.69) is 5.32 Å². The van der Waals surface area contributed by atoms with Gasteiger partial charge in [0.15, 0.2) is 0 Å². The standard InChI is InChI=1S/C32H41N3O4S/c1-7-29(32(37)33-20-23(2)3)34(21-27-11-9-8-10-12-27)31(36)22-35(30-18-15-25(5)19-26(30)6)40(38,39)28-16-13-24(4)14-17-28/h8-19,23,29H,7,20-22H2,1-6H3,(H,33,37)/t29-/m1/s1. The minimum Gasteiger partial charge on any atom is -0.354 e. The predicted molar refractivity (Wildman–Crippen MR) is 161 cm³/mol. The van der Waals surface area contributed by atoms with Crippen LogP contribution >= 0.6 is 0 Å². The summed E-state index contributed by atoms with van der Waals surface area (Å²) in [5, 5.41) is 2.95. The summed E-state index contributed by atoms with van der Waals surface area (Å²) < 4.78 is 29.2. The third-order valence-electron chi connectivity index (χ3n) is 6.78. The zero-order valence-electron chi connectivity index (χ0n) is 24.3. The molecule has 0 spiro atoms. The molecule has 0 aliphatic rings. The van der Waals surface area contributed by atoms with Crippen molar-refractivity contribution in [1.82, 2.24) is 10.2 Å². The van der Waals surface area contributed by atoms with Crippen molar-refractivity contribution in [1.29, 1.82) is 0 Å². The number of nitrogens with one attached hydrogen (secondary N) is 1. The molecule has 2 amide bonds. The highest BCUT2D eigenvalue weighted by Crippen LogP contribution is 2.28. The van der Waals surface area contributed by atoms with E-state index in [-0.39, 0.29) is 23.3 Å². The van der Waals surface area contributed by atoms with Gasteiger partial charge in [-0.05, 0) is 62.4 Å². The van der Waals surface area contributed by atoms with E-state index < -0.39 is 28.5 Å². The second kappa shape index (κ2) is 13.6. The van der Waals surface area contributed by atoms with E-state index in [4.69, 9.17) is 0 Å². The maximum Gasteiger partial charge on any atom is 0.264 e. The quantitative estimate of drug-likeness (QED) is 0.320. The fraction of sp³-hybridized carbons (Fsp3) is 0.375. The van der Waals surface area contributed by atoms with Crippen molar-refractivity contribution in [3.63, 3.8) is 0 Å². The summed E-state index contributed by atoms with van der Waals surface area (Å²) in [5.41, 5.74) is 3.93. The lowest BCUT2D eigenvalue weighted by Crippen LogP contribution is -2.52. The first-order chi connectivity index (χ1) is 18.9. The minimum absolute atomic E-state index is 0.0993. The Balaban J connectivity index is 2.06. The smallest absolute Gasteiger partial charge is 0.264 e. The van der Waals surface area contributed by atoms with E-state index in [9.17, 15) is 18.0 Å². The first-order valence-electron chi connectivity index (χ1n) is 13.7. The van der Waals surface area contributed by atoms with Gasteiger partial charge in [0.05, 0.1) is 10.6 Å². The van der Waals surface area contributed by atoms with Crippen molar-refractivity contribution in [2.75, 3.05) is 17.4 Å². The molecule has 0 aliphatic carbocycles. The van der Waals surface area contributed by atoms with E-state index in [0.29, 0.717) is 18.7 Å². The van der Waals surface area contributed by atoms with Crippen LogP contribution in [-0.4, -0.2) is 44.3 Å². The van der Waals surface area contributed by atoms with Crippen LogP contribution in [0, 0.1) is 26.7 Å². The van der Waals surface area contributed by atoms with Gasteiger partial charge in [0.2, 0.25) is 11.8 Å². The Hall–Kier alpha value is -3.65. The third-order valence-corrected chi connectivity index (χ3v) is 8.55. The molecule has 0 aliphatic heterocycles. The van der Waals surface area contributed by atoms with Gasteiger partial charge < -0.3 is 10.2 Å². The average Bonchev–Trinajstić information content (AvgIpc) is 2.91. The van der Waals surface area contributed by atoms with Crippen molar-refractivity contribution in [2.24, 2.45) is 5.92 Å². The van der Waals surface area contributed by atoms with E-state index >= 15 is 0 Å². The molecule has 8 heteroatoms. The summed E-state index contributed by atoms with van der Waals surface area (Å²) in [6, 6.07) is 20.7. The molecule has 0 saturated heterocycles. The van der Waals surface area contributed by atoms with Gasteiger partial charge in [-0.15, -0.1) is 0 Å². The molecule has 0 fully saturated rings. The molecule has 0 heterocycles. The molecule has 0 bridgehead atoms. The summed E-state index contributed by atoms with van der Waals surface area (Å²) in [6.07, 6.45) is 0.386. The van der Waals surface area contributed by atoms with E-state index in [1.807, 2.05) is 84.0 Å². The van der Waals surface area contributed by atoms with Gasteiger partial charge in [-0.25, -0.2) is 8.42 Å². The van der Waals surface area contributed by atoms with Crippen molar-refractivity contribution >= 4 is 27.5 Å². The number of amides is 2. The van der Waals surface area contributed by atoms with Crippen LogP contribution in [0.2, 0.25) is 0 Å². The normalized spacial score (nSPS) is 12.2. The molecular formula is C32H41N3O4S. The van der Waals surface area contributed by atoms with Gasteiger partial charge in [0, 0.05) is 13.1 Å². The largest absolute Gasteiger partial charge is 0.354 e. The molecule has 214 valence electrons. The van der Waals surface area contributed by atoms with Crippen molar-refractivity contribution in [3.05, 3.63) is 95.1 Å². The summed E-state index contributed by atoms with van der Waals surface area (Å²) in [4.78, 5) is 29.0. The average molecular weight is 564 g/mol. The lowest BCUT2D eigenvalue weighted by molar-refractivity contribution is -0.140. The molecule has 0 aromatic heterocycles. The van der Waals surface area contributed by atoms with Crippen LogP contribution in [0.25, 0.3) is 0 Å². The number of rotatable bonds is 12. The Labute approximate surface area is 239 Å². The van der Waals surface area contributed by atoms with Crippen molar-refractivity contribution in [3.8, 4) is 0 Å². The van der Waals surface area contributed by atoms with Crippen LogP contribution < -0.4 is 9.62 Å². The lowest BCUT2D eigenvalue weighted by Gasteiger charge is -2.33. The molecule has 3 aromatic rings. The lowest BCUT2D eigenvalue weighted by atomic mass is 10.1. The summed E-state index contributed by atoms with van der Waals surface area (Å²) >= 11 is 0. The first-order valence-corrected chi connectivity index (χ1v) is 15.2. The Morgan fingerprint density at radius 3 is 2.08 bits per heavy atom. The van der Waals surface area contributed by atoms with Crippen LogP contribution in [0.5, 0.6) is 0 Å². The van der Waals surface area contributed by atoms with Crippen LogP contribution in [0.4, 0.5) is 5.69 Å². The molecule has 0 saturated carbocycles. The number of nitrogens with zero attached hydrogens (tertiary/aromatic N) is 2. The van der Waals surface area contributed by atoms with Gasteiger partial charge in [-0.3, -0.25) is 13.9 Å². The Bertz CT molecular complexity index is 1400. The number of aryl methyl sites for hydroxylation is 3. The molecule has 3 rings (SSSR count). The van der Waals surface area contributed by atoms with E-state index in [1.54, 1.807) is 30.3 Å². The van der Waals surface area contributed by atoms with E-state index in [0.717, 1.165) is 22.3 Å². The van der Waals surface area contributed by atoms with Crippen LogP contribution in [0.3, 0.4) is 0 Å². The zero-order valence-corrected chi connectivity index (χ0v) is 25.2. The van der Waals surface area contributed by atoms with Crippen LogP contribution in [-0.2, 0) is 26.2 Å². The Morgan fingerprint density at radius 2 is 1.50 bits per heavy atom. The van der Waals surface area contributed by atoms with Crippen molar-refractivity contribution < 1.29 is 18.0 Å². The Kier molecular flexibility index (Phi) is 10.5. The molecule has 1 atom stereocenters. The number of anilines is 1. The molecule has 0 unspecified atom stereocenters. The summed E-state index contributed by atoms with van der Waals surface area (Å²) in [5.74, 6) is -0.453. The molecule has 1 N–H and O–H groups in total. The zero-order chi connectivity index (χ0) is 29.4. The van der Waals surface area contributed by atoms with Gasteiger partial charge in [-0.1, -0.05) is 86.5 Å². The number of hydrogen-bond acceptors (Lipinski definition) is 4. The van der Waals surface area contributed by atoms with Crippen molar-refractivity contribution in [2.45, 2.75) is 65.4 Å². The molecule has 3 aromatic carbocycles. The number of benzene rings is 3. The summed E-state index contributed by atoms with van der Waals surface area (Å²) in [7, 11) is -4.10. The number of carbonyl (C=O) groups is 2. The van der Waals surface area contributed by atoms with Crippen LogP contribution in [0.1, 0.15) is 49.4 Å². The highest BCUT2D eigenvalue weighted by atomic mass is 32.2. The van der Waals surface area contributed by atoms with Gasteiger partial charge >= 0.3 is 0 Å². The second-order valence-electron chi connectivity index (χ2n) is 10.7. The molecule has 40 heavy (non-hydrogen) atoms. The van der Waals surface area contributed by atoms with Crippen LogP contribution in [0.15, 0.2) is 77.7 Å². The fourth-order valence-electron chi connectivity index (χ4n) is 4.56. The number of sulfonamides is 1. The fourth-order valence-corrected chi connectivity index (χ4v) is 6.04. The monoisotopic (exact) mass is 563 g/mol. The second-order valence-corrected chi connectivity index (χ2v) is 12.5.